The van der Waals surface area contributed by atoms with E-state index in [1.165, 1.54) is 19.3 Å². The highest BCUT2D eigenvalue weighted by molar-refractivity contribution is 5.89. The summed E-state index contributed by atoms with van der Waals surface area (Å²) in [5, 5.41) is 15.3. The van der Waals surface area contributed by atoms with Crippen molar-refractivity contribution in [3.05, 3.63) is 125 Å². The Kier molecular flexibility index (Phi) is 10.4. The first kappa shape index (κ1) is 30.8. The summed E-state index contributed by atoms with van der Waals surface area (Å²) in [5.41, 5.74) is 4.57. The second kappa shape index (κ2) is 15.2. The normalized spacial score (nSPS) is 20.3. The van der Waals surface area contributed by atoms with Crippen LogP contribution in [0.25, 0.3) is 0 Å². The number of carbonyl (C=O) groups is 1. The Labute approximate surface area is 264 Å². The van der Waals surface area contributed by atoms with E-state index in [1.54, 1.807) is 0 Å². The molecule has 3 N–H and O–H groups in total. The fraction of sp³-hybridized carbons (Fsp3) is 0.324. The first-order valence-electron chi connectivity index (χ1n) is 15.8. The monoisotopic (exact) mass is 607 g/mol. The zero-order valence-corrected chi connectivity index (χ0v) is 25.4. The van der Waals surface area contributed by atoms with Crippen LogP contribution in [0.1, 0.15) is 60.3 Å². The lowest BCUT2D eigenvalue weighted by Gasteiger charge is -2.39. The lowest BCUT2D eigenvalue weighted by Crippen LogP contribution is -2.41. The molecule has 0 spiro atoms. The van der Waals surface area contributed by atoms with E-state index in [9.17, 15) is 9.90 Å². The molecular formula is C37H41N3O5. The average Bonchev–Trinajstić information content (AvgIpc) is 3.09. The molecule has 3 unspecified atom stereocenters. The number of nitrogens with one attached hydrogen (secondary N) is 2. The van der Waals surface area contributed by atoms with Crippen LogP contribution in [0.5, 0.6) is 11.5 Å². The number of urea groups is 1. The van der Waals surface area contributed by atoms with Crippen molar-refractivity contribution in [2.45, 2.75) is 57.3 Å². The van der Waals surface area contributed by atoms with Crippen LogP contribution in [0.3, 0.4) is 0 Å². The SMILES string of the molecule is O=C(NCc1ccc(C2OC(CN3CCCCC3)CC(c3ccc(CO)cc3)O2)cc1)Nc1ccc(Oc2ccccc2)cc1. The van der Waals surface area contributed by atoms with Crippen molar-refractivity contribution in [1.82, 2.24) is 10.2 Å². The number of aliphatic hydroxyl groups excluding tert-OH is 1. The number of benzene rings is 4. The molecule has 2 heterocycles. The van der Waals surface area contributed by atoms with Crippen LogP contribution in [-0.4, -0.2) is 41.8 Å². The molecule has 0 aliphatic carbocycles. The predicted molar refractivity (Wildman–Crippen MR) is 174 cm³/mol. The Morgan fingerprint density at radius 1 is 0.778 bits per heavy atom. The Morgan fingerprint density at radius 3 is 2.16 bits per heavy atom. The number of hydrogen-bond acceptors (Lipinski definition) is 6. The molecule has 8 nitrogen and oxygen atoms in total. The summed E-state index contributed by atoms with van der Waals surface area (Å²) >= 11 is 0. The topological polar surface area (TPSA) is 92.3 Å². The van der Waals surface area contributed by atoms with E-state index in [4.69, 9.17) is 14.2 Å². The smallest absolute Gasteiger partial charge is 0.319 e. The van der Waals surface area contributed by atoms with E-state index in [-0.39, 0.29) is 24.8 Å². The first-order chi connectivity index (χ1) is 22.1. The summed E-state index contributed by atoms with van der Waals surface area (Å²) in [6.45, 7) is 3.53. The number of anilines is 1. The van der Waals surface area contributed by atoms with Crippen molar-refractivity contribution < 1.29 is 24.1 Å². The second-order valence-corrected chi connectivity index (χ2v) is 11.7. The van der Waals surface area contributed by atoms with Crippen molar-refractivity contribution in [3.63, 3.8) is 0 Å². The molecule has 234 valence electrons. The van der Waals surface area contributed by atoms with E-state index in [0.717, 1.165) is 54.1 Å². The van der Waals surface area contributed by atoms with Gasteiger partial charge in [-0.05, 0) is 79.0 Å². The quantitative estimate of drug-likeness (QED) is 0.175. The van der Waals surface area contributed by atoms with Gasteiger partial charge in [-0.25, -0.2) is 4.79 Å². The fourth-order valence-corrected chi connectivity index (χ4v) is 5.84. The van der Waals surface area contributed by atoms with Gasteiger partial charge in [0.1, 0.15) is 11.5 Å². The number of likely N-dealkylation sites (tertiary alicyclic amines) is 1. The number of nitrogens with zero attached hydrogens (tertiary/aromatic N) is 1. The van der Waals surface area contributed by atoms with Crippen molar-refractivity contribution in [2.75, 3.05) is 25.0 Å². The van der Waals surface area contributed by atoms with Gasteiger partial charge in [0, 0.05) is 30.8 Å². The molecule has 2 saturated heterocycles. The van der Waals surface area contributed by atoms with Crippen molar-refractivity contribution in [1.29, 1.82) is 0 Å². The fourth-order valence-electron chi connectivity index (χ4n) is 5.84. The lowest BCUT2D eigenvalue weighted by molar-refractivity contribution is -0.253. The summed E-state index contributed by atoms with van der Waals surface area (Å²) in [7, 11) is 0. The van der Waals surface area contributed by atoms with Crippen LogP contribution in [0.15, 0.2) is 103 Å². The molecule has 0 bridgehead atoms. The van der Waals surface area contributed by atoms with Gasteiger partial charge < -0.3 is 34.9 Å². The molecule has 8 heteroatoms. The van der Waals surface area contributed by atoms with Crippen molar-refractivity contribution in [3.8, 4) is 11.5 Å². The highest BCUT2D eigenvalue weighted by Crippen LogP contribution is 2.38. The van der Waals surface area contributed by atoms with Gasteiger partial charge >= 0.3 is 6.03 Å². The summed E-state index contributed by atoms with van der Waals surface area (Å²) in [5.74, 6) is 1.45. The van der Waals surface area contributed by atoms with Gasteiger partial charge in [-0.1, -0.05) is 73.2 Å². The van der Waals surface area contributed by atoms with E-state index in [0.29, 0.717) is 18.0 Å². The maximum atomic E-state index is 12.6. The van der Waals surface area contributed by atoms with Gasteiger partial charge in [0.15, 0.2) is 6.29 Å². The number of rotatable bonds is 10. The summed E-state index contributed by atoms with van der Waals surface area (Å²) in [4.78, 5) is 15.1. The van der Waals surface area contributed by atoms with Crippen LogP contribution < -0.4 is 15.4 Å². The molecule has 3 atom stereocenters. The molecule has 0 aromatic heterocycles. The minimum Gasteiger partial charge on any atom is -0.457 e. The summed E-state index contributed by atoms with van der Waals surface area (Å²) in [6.07, 6.45) is 4.02. The molecular weight excluding hydrogens is 566 g/mol. The number of aliphatic hydroxyl groups is 1. The van der Waals surface area contributed by atoms with Gasteiger partial charge in [-0.2, -0.15) is 0 Å². The highest BCUT2D eigenvalue weighted by Gasteiger charge is 2.33. The molecule has 6 rings (SSSR count). The zero-order chi connectivity index (χ0) is 30.8. The number of ether oxygens (including phenoxy) is 3. The molecule has 2 amide bonds. The van der Waals surface area contributed by atoms with Crippen LogP contribution >= 0.6 is 0 Å². The Balaban J connectivity index is 1.04. The average molecular weight is 608 g/mol. The van der Waals surface area contributed by atoms with Gasteiger partial charge in [-0.3, -0.25) is 0 Å². The standard InChI is InChI=1S/C37H41N3O5/c41-26-28-11-13-29(14-12-28)35-23-34(25-40-21-5-2-6-22-40)44-36(45-35)30-15-9-27(10-16-30)24-38-37(42)39-31-17-19-33(20-18-31)43-32-7-3-1-4-8-32/h1,3-4,7-20,34-36,41H,2,5-6,21-26H2,(H2,38,39,42). The Morgan fingerprint density at radius 2 is 1.44 bits per heavy atom. The molecule has 45 heavy (non-hydrogen) atoms. The van der Waals surface area contributed by atoms with E-state index >= 15 is 0 Å². The molecule has 2 aliphatic heterocycles. The minimum atomic E-state index is -0.491. The largest absolute Gasteiger partial charge is 0.457 e. The molecule has 4 aromatic carbocycles. The summed E-state index contributed by atoms with van der Waals surface area (Å²) in [6, 6.07) is 32.6. The maximum Gasteiger partial charge on any atom is 0.319 e. The van der Waals surface area contributed by atoms with E-state index in [2.05, 4.69) is 15.5 Å². The highest BCUT2D eigenvalue weighted by atomic mass is 16.7. The number of hydrogen-bond donors (Lipinski definition) is 3. The summed E-state index contributed by atoms with van der Waals surface area (Å²) < 4.78 is 18.8. The zero-order valence-electron chi connectivity index (χ0n) is 25.4. The second-order valence-electron chi connectivity index (χ2n) is 11.7. The van der Waals surface area contributed by atoms with Gasteiger partial charge in [0.05, 0.1) is 18.8 Å². The Hall–Kier alpha value is -4.21. The first-order valence-corrected chi connectivity index (χ1v) is 15.8. The lowest BCUT2D eigenvalue weighted by atomic mass is 9.99. The molecule has 2 fully saturated rings. The van der Waals surface area contributed by atoms with Gasteiger partial charge in [0.2, 0.25) is 0 Å². The molecule has 4 aromatic rings. The van der Waals surface area contributed by atoms with Crippen LogP contribution in [-0.2, 0) is 22.6 Å². The number of carbonyl (C=O) groups excluding carboxylic acids is 1. The van der Waals surface area contributed by atoms with E-state index in [1.807, 2.05) is 103 Å². The van der Waals surface area contributed by atoms with Crippen molar-refractivity contribution in [2.24, 2.45) is 0 Å². The number of para-hydroxylation sites is 1. The van der Waals surface area contributed by atoms with Gasteiger partial charge in [0.25, 0.3) is 0 Å². The Bertz CT molecular complexity index is 1490. The third-order valence-corrected chi connectivity index (χ3v) is 8.32. The van der Waals surface area contributed by atoms with E-state index < -0.39 is 6.29 Å². The molecule has 0 saturated carbocycles. The molecule has 2 aliphatic rings. The molecule has 0 radical (unpaired) electrons. The van der Waals surface area contributed by atoms with Gasteiger partial charge in [-0.15, -0.1) is 0 Å². The number of amides is 2. The predicted octanol–water partition coefficient (Wildman–Crippen LogP) is 7.32. The third kappa shape index (κ3) is 8.71. The third-order valence-electron chi connectivity index (χ3n) is 8.32. The van der Waals surface area contributed by atoms with Crippen LogP contribution in [0, 0.1) is 0 Å². The van der Waals surface area contributed by atoms with Crippen LogP contribution in [0.4, 0.5) is 10.5 Å². The van der Waals surface area contributed by atoms with Crippen LogP contribution in [0.2, 0.25) is 0 Å². The van der Waals surface area contributed by atoms with Crippen molar-refractivity contribution >= 4 is 11.7 Å². The number of piperidine rings is 1. The maximum absolute atomic E-state index is 12.6. The minimum absolute atomic E-state index is 0.0235.